The zero-order valence-electron chi connectivity index (χ0n) is 5.85. The Kier molecular flexibility index (Phi) is 1.75. The Labute approximate surface area is 55.0 Å². The van der Waals surface area contributed by atoms with Gasteiger partial charge in [-0.15, -0.1) is 0 Å². The Hall–Kier alpha value is -0.120. The van der Waals surface area contributed by atoms with Gasteiger partial charge < -0.3 is 9.84 Å². The standard InChI is InChI=1S/C6H13NO2/c1-6(2,8)5-7-3-4-9-5/h5,7-8H,3-4H2,1-2H3. The summed E-state index contributed by atoms with van der Waals surface area (Å²) >= 11 is 0. The molecule has 0 aromatic heterocycles. The fourth-order valence-electron chi connectivity index (χ4n) is 0.879. The van der Waals surface area contributed by atoms with Crippen molar-refractivity contribution in [1.82, 2.24) is 5.32 Å². The highest BCUT2D eigenvalue weighted by Crippen LogP contribution is 2.12. The lowest BCUT2D eigenvalue weighted by molar-refractivity contribution is -0.0688. The zero-order chi connectivity index (χ0) is 6.91. The number of aliphatic hydroxyl groups is 1. The van der Waals surface area contributed by atoms with Crippen LogP contribution in [0.5, 0.6) is 0 Å². The summed E-state index contributed by atoms with van der Waals surface area (Å²) in [6.07, 6.45) is -0.183. The van der Waals surface area contributed by atoms with Crippen LogP contribution in [0.1, 0.15) is 13.8 Å². The summed E-state index contributed by atoms with van der Waals surface area (Å²) in [5.74, 6) is 0. The lowest BCUT2D eigenvalue weighted by Crippen LogP contribution is -2.43. The third-order valence-corrected chi connectivity index (χ3v) is 1.36. The van der Waals surface area contributed by atoms with Crippen LogP contribution < -0.4 is 5.32 Å². The summed E-state index contributed by atoms with van der Waals surface area (Å²) in [5, 5.41) is 12.4. The molecule has 1 aliphatic heterocycles. The van der Waals surface area contributed by atoms with Gasteiger partial charge >= 0.3 is 0 Å². The van der Waals surface area contributed by atoms with Crippen LogP contribution in [0.4, 0.5) is 0 Å². The quantitative estimate of drug-likeness (QED) is 0.513. The van der Waals surface area contributed by atoms with E-state index in [9.17, 15) is 5.11 Å². The molecule has 0 aliphatic carbocycles. The fourth-order valence-corrected chi connectivity index (χ4v) is 0.879. The Balaban J connectivity index is 2.42. The van der Waals surface area contributed by atoms with Gasteiger partial charge in [0.1, 0.15) is 6.23 Å². The lowest BCUT2D eigenvalue weighted by Gasteiger charge is -2.23. The van der Waals surface area contributed by atoms with Gasteiger partial charge in [0.05, 0.1) is 12.2 Å². The maximum absolute atomic E-state index is 9.33. The maximum Gasteiger partial charge on any atom is 0.136 e. The van der Waals surface area contributed by atoms with Gasteiger partial charge in [0, 0.05) is 6.54 Å². The average molecular weight is 131 g/mol. The van der Waals surface area contributed by atoms with Crippen molar-refractivity contribution in [3.8, 4) is 0 Å². The molecule has 0 aromatic rings. The van der Waals surface area contributed by atoms with E-state index in [0.29, 0.717) is 6.61 Å². The van der Waals surface area contributed by atoms with Crippen molar-refractivity contribution >= 4 is 0 Å². The Morgan fingerprint density at radius 1 is 1.67 bits per heavy atom. The van der Waals surface area contributed by atoms with E-state index in [1.807, 2.05) is 0 Å². The van der Waals surface area contributed by atoms with Crippen molar-refractivity contribution in [2.24, 2.45) is 0 Å². The lowest BCUT2D eigenvalue weighted by atomic mass is 10.1. The SMILES string of the molecule is CC(C)(O)C1NCCO1. The first kappa shape index (κ1) is 6.99. The molecular formula is C6H13NO2. The first-order chi connectivity index (χ1) is 4.11. The summed E-state index contributed by atoms with van der Waals surface area (Å²) in [4.78, 5) is 0. The molecule has 1 unspecified atom stereocenters. The van der Waals surface area contributed by atoms with Crippen molar-refractivity contribution in [2.45, 2.75) is 25.7 Å². The van der Waals surface area contributed by atoms with Crippen LogP contribution in [-0.2, 0) is 4.74 Å². The first-order valence-corrected chi connectivity index (χ1v) is 3.18. The molecule has 0 aromatic carbocycles. The molecule has 0 spiro atoms. The predicted octanol–water partition coefficient (Wildman–Crippen LogP) is -0.297. The monoisotopic (exact) mass is 131 g/mol. The van der Waals surface area contributed by atoms with E-state index in [2.05, 4.69) is 5.32 Å². The second-order valence-electron chi connectivity index (χ2n) is 2.86. The molecule has 0 radical (unpaired) electrons. The molecule has 1 rings (SSSR count). The van der Waals surface area contributed by atoms with Crippen molar-refractivity contribution in [3.63, 3.8) is 0 Å². The molecule has 9 heavy (non-hydrogen) atoms. The van der Waals surface area contributed by atoms with Gasteiger partial charge in [-0.3, -0.25) is 5.32 Å². The van der Waals surface area contributed by atoms with Crippen molar-refractivity contribution < 1.29 is 9.84 Å². The third kappa shape index (κ3) is 1.64. The summed E-state index contributed by atoms with van der Waals surface area (Å²) in [6, 6.07) is 0. The highest BCUT2D eigenvalue weighted by Gasteiger charge is 2.29. The highest BCUT2D eigenvalue weighted by atomic mass is 16.5. The number of ether oxygens (including phenoxy) is 1. The largest absolute Gasteiger partial charge is 0.386 e. The molecule has 3 heteroatoms. The van der Waals surface area contributed by atoms with Crippen molar-refractivity contribution in [3.05, 3.63) is 0 Å². The molecule has 1 saturated heterocycles. The summed E-state index contributed by atoms with van der Waals surface area (Å²) < 4.78 is 5.16. The molecule has 1 heterocycles. The van der Waals surface area contributed by atoms with Crippen LogP contribution in [0.3, 0.4) is 0 Å². The van der Waals surface area contributed by atoms with Crippen LogP contribution in [0.25, 0.3) is 0 Å². The Morgan fingerprint density at radius 2 is 2.33 bits per heavy atom. The van der Waals surface area contributed by atoms with E-state index in [0.717, 1.165) is 6.54 Å². The smallest absolute Gasteiger partial charge is 0.136 e. The number of hydrogen-bond acceptors (Lipinski definition) is 3. The number of nitrogens with one attached hydrogen (secondary N) is 1. The van der Waals surface area contributed by atoms with E-state index in [1.165, 1.54) is 0 Å². The fraction of sp³-hybridized carbons (Fsp3) is 1.00. The zero-order valence-corrected chi connectivity index (χ0v) is 5.85. The van der Waals surface area contributed by atoms with Gasteiger partial charge in [0.15, 0.2) is 0 Å². The van der Waals surface area contributed by atoms with Gasteiger partial charge in [0.25, 0.3) is 0 Å². The number of rotatable bonds is 1. The molecule has 3 nitrogen and oxygen atoms in total. The van der Waals surface area contributed by atoms with Gasteiger partial charge in [-0.05, 0) is 13.8 Å². The second-order valence-corrected chi connectivity index (χ2v) is 2.86. The third-order valence-electron chi connectivity index (χ3n) is 1.36. The van der Waals surface area contributed by atoms with Crippen LogP contribution in [0.15, 0.2) is 0 Å². The first-order valence-electron chi connectivity index (χ1n) is 3.18. The molecule has 1 atom stereocenters. The minimum absolute atomic E-state index is 0.183. The van der Waals surface area contributed by atoms with Crippen molar-refractivity contribution in [1.29, 1.82) is 0 Å². The average Bonchev–Trinajstić information content (AvgIpc) is 2.08. The van der Waals surface area contributed by atoms with Crippen molar-refractivity contribution in [2.75, 3.05) is 13.2 Å². The topological polar surface area (TPSA) is 41.5 Å². The normalized spacial score (nSPS) is 29.0. The molecule has 0 saturated carbocycles. The number of hydrogen-bond donors (Lipinski definition) is 2. The predicted molar refractivity (Wildman–Crippen MR) is 34.0 cm³/mol. The molecular weight excluding hydrogens is 118 g/mol. The van der Waals surface area contributed by atoms with E-state index in [-0.39, 0.29) is 6.23 Å². The van der Waals surface area contributed by atoms with Crippen LogP contribution in [-0.4, -0.2) is 30.1 Å². The molecule has 0 amide bonds. The van der Waals surface area contributed by atoms with E-state index >= 15 is 0 Å². The molecule has 2 N–H and O–H groups in total. The molecule has 1 aliphatic rings. The second kappa shape index (κ2) is 2.25. The summed E-state index contributed by atoms with van der Waals surface area (Å²) in [7, 11) is 0. The molecule has 0 bridgehead atoms. The minimum atomic E-state index is -0.753. The molecule has 54 valence electrons. The summed E-state index contributed by atoms with van der Waals surface area (Å²) in [6.45, 7) is 5.01. The molecule has 1 fully saturated rings. The van der Waals surface area contributed by atoms with Crippen LogP contribution >= 0.6 is 0 Å². The summed E-state index contributed by atoms with van der Waals surface area (Å²) in [5.41, 5.74) is -0.753. The Bertz CT molecular complexity index is 91.7. The van der Waals surface area contributed by atoms with E-state index in [4.69, 9.17) is 4.74 Å². The minimum Gasteiger partial charge on any atom is -0.386 e. The van der Waals surface area contributed by atoms with Crippen LogP contribution in [0, 0.1) is 0 Å². The maximum atomic E-state index is 9.33. The van der Waals surface area contributed by atoms with E-state index in [1.54, 1.807) is 13.8 Å². The Morgan fingerprint density at radius 3 is 2.56 bits per heavy atom. The van der Waals surface area contributed by atoms with Gasteiger partial charge in [0.2, 0.25) is 0 Å². The van der Waals surface area contributed by atoms with Crippen LogP contribution in [0.2, 0.25) is 0 Å². The highest BCUT2D eigenvalue weighted by molar-refractivity contribution is 4.79. The van der Waals surface area contributed by atoms with E-state index < -0.39 is 5.60 Å². The van der Waals surface area contributed by atoms with Gasteiger partial charge in [-0.25, -0.2) is 0 Å². The van der Waals surface area contributed by atoms with Gasteiger partial charge in [-0.1, -0.05) is 0 Å². The van der Waals surface area contributed by atoms with Gasteiger partial charge in [-0.2, -0.15) is 0 Å².